The van der Waals surface area contributed by atoms with E-state index in [4.69, 9.17) is 34.3 Å². The zero-order valence-electron chi connectivity index (χ0n) is 12.1. The fraction of sp³-hybridized carbons (Fsp3) is 0.429. The van der Waals surface area contributed by atoms with E-state index in [9.17, 15) is 4.79 Å². The van der Waals surface area contributed by atoms with Gasteiger partial charge in [0, 0.05) is 31.5 Å². The molecule has 0 aromatic heterocycles. The highest BCUT2D eigenvalue weighted by molar-refractivity contribution is 7.80. The Kier molecular flexibility index (Phi) is 7.42. The number of benzene rings is 1. The molecule has 0 heterocycles. The molecule has 7 heteroatoms. The van der Waals surface area contributed by atoms with Crippen LogP contribution >= 0.6 is 23.8 Å². The minimum Gasteiger partial charge on any atom is -0.469 e. The molecule has 0 aliphatic rings. The van der Waals surface area contributed by atoms with Crippen LogP contribution in [0, 0.1) is 0 Å². The molecular formula is C14H19ClN2O3S. The summed E-state index contributed by atoms with van der Waals surface area (Å²) in [5, 5.41) is 0.487. The summed E-state index contributed by atoms with van der Waals surface area (Å²) in [5.74, 6) is -0.261. The Balaban J connectivity index is 2.88. The van der Waals surface area contributed by atoms with E-state index >= 15 is 0 Å². The number of ether oxygens (including phenoxy) is 2. The summed E-state index contributed by atoms with van der Waals surface area (Å²) < 4.78 is 9.75. The summed E-state index contributed by atoms with van der Waals surface area (Å²) >= 11 is 11.1. The smallest absolute Gasteiger partial charge is 0.307 e. The average molecular weight is 331 g/mol. The third kappa shape index (κ3) is 5.49. The van der Waals surface area contributed by atoms with Crippen molar-refractivity contribution in [2.75, 3.05) is 38.8 Å². The lowest BCUT2D eigenvalue weighted by atomic mass is 10.2. The molecule has 1 rings (SSSR count). The summed E-state index contributed by atoms with van der Waals surface area (Å²) in [6.45, 7) is 1.69. The van der Waals surface area contributed by atoms with Crippen LogP contribution in [-0.2, 0) is 14.3 Å². The fourth-order valence-corrected chi connectivity index (χ4v) is 2.31. The molecule has 0 radical (unpaired) electrons. The number of carbonyl (C=O) groups is 1. The van der Waals surface area contributed by atoms with Crippen LogP contribution in [0.4, 0.5) is 5.69 Å². The number of hydrogen-bond acceptors (Lipinski definition) is 5. The van der Waals surface area contributed by atoms with Gasteiger partial charge in [-0.3, -0.25) is 4.79 Å². The molecule has 0 atom stereocenters. The molecule has 0 bridgehead atoms. The van der Waals surface area contributed by atoms with Crippen molar-refractivity contribution < 1.29 is 14.3 Å². The second-order valence-corrected chi connectivity index (χ2v) is 5.18. The lowest BCUT2D eigenvalue weighted by Crippen LogP contribution is -2.30. The summed E-state index contributed by atoms with van der Waals surface area (Å²) in [6, 6.07) is 5.42. The number of esters is 1. The monoisotopic (exact) mass is 330 g/mol. The van der Waals surface area contributed by atoms with E-state index in [1.807, 2.05) is 11.0 Å². The van der Waals surface area contributed by atoms with Gasteiger partial charge in [0.2, 0.25) is 0 Å². The first-order valence-electron chi connectivity index (χ1n) is 6.39. The summed E-state index contributed by atoms with van der Waals surface area (Å²) in [4.78, 5) is 13.5. The minimum absolute atomic E-state index is 0.254. The topological polar surface area (TPSA) is 64.8 Å². The number of hydrogen-bond donors (Lipinski definition) is 1. The van der Waals surface area contributed by atoms with Crippen LogP contribution in [0.15, 0.2) is 18.2 Å². The maximum absolute atomic E-state index is 11.3. The van der Waals surface area contributed by atoms with Crippen LogP contribution < -0.4 is 10.6 Å². The predicted molar refractivity (Wildman–Crippen MR) is 88.1 cm³/mol. The number of halogens is 1. The fourth-order valence-electron chi connectivity index (χ4n) is 1.80. The Morgan fingerprint density at radius 1 is 1.38 bits per heavy atom. The van der Waals surface area contributed by atoms with E-state index in [2.05, 4.69) is 4.74 Å². The van der Waals surface area contributed by atoms with E-state index in [0.717, 1.165) is 5.69 Å². The van der Waals surface area contributed by atoms with Gasteiger partial charge in [-0.25, -0.2) is 0 Å². The quantitative estimate of drug-likeness (QED) is 0.581. The lowest BCUT2D eigenvalue weighted by Gasteiger charge is -2.24. The molecule has 0 spiro atoms. The number of thiocarbonyl (C=S) groups is 1. The van der Waals surface area contributed by atoms with Crippen LogP contribution in [0.25, 0.3) is 0 Å². The molecule has 1 aromatic carbocycles. The molecule has 0 aliphatic heterocycles. The number of carbonyl (C=O) groups excluding carboxylic acids is 1. The molecular weight excluding hydrogens is 312 g/mol. The van der Waals surface area contributed by atoms with Crippen LogP contribution in [0.5, 0.6) is 0 Å². The van der Waals surface area contributed by atoms with E-state index in [1.165, 1.54) is 7.11 Å². The Bertz CT molecular complexity index is 511. The largest absolute Gasteiger partial charge is 0.469 e. The molecule has 1 aromatic rings. The zero-order valence-corrected chi connectivity index (χ0v) is 13.7. The SMILES string of the molecule is COCCN(CCC(=O)OC)c1ccc(C(N)=S)c(Cl)c1. The molecule has 21 heavy (non-hydrogen) atoms. The third-order valence-electron chi connectivity index (χ3n) is 2.96. The zero-order chi connectivity index (χ0) is 15.8. The molecule has 0 saturated heterocycles. The number of anilines is 1. The normalized spacial score (nSPS) is 10.2. The first-order chi connectivity index (χ1) is 9.99. The highest BCUT2D eigenvalue weighted by atomic mass is 35.5. The third-order valence-corrected chi connectivity index (χ3v) is 3.49. The van der Waals surface area contributed by atoms with Gasteiger partial charge in [0.05, 0.1) is 25.2 Å². The van der Waals surface area contributed by atoms with Crippen molar-refractivity contribution in [2.45, 2.75) is 6.42 Å². The first kappa shape index (κ1) is 17.7. The summed E-state index contributed by atoms with van der Waals surface area (Å²) in [5.41, 5.74) is 7.10. The number of nitrogens with two attached hydrogens (primary N) is 1. The van der Waals surface area contributed by atoms with Crippen molar-refractivity contribution in [3.8, 4) is 0 Å². The van der Waals surface area contributed by atoms with Crippen molar-refractivity contribution in [3.63, 3.8) is 0 Å². The Labute approximate surface area is 135 Å². The van der Waals surface area contributed by atoms with Crippen LogP contribution in [0.1, 0.15) is 12.0 Å². The van der Waals surface area contributed by atoms with Gasteiger partial charge in [0.1, 0.15) is 4.99 Å². The van der Waals surface area contributed by atoms with Gasteiger partial charge in [0.15, 0.2) is 0 Å². The highest BCUT2D eigenvalue weighted by Crippen LogP contribution is 2.24. The standard InChI is InChI=1S/C14H19ClN2O3S/c1-19-8-7-17(6-5-13(18)20-2)10-3-4-11(14(16)21)12(15)9-10/h3-4,9H,5-8H2,1-2H3,(H2,16,21). The van der Waals surface area contributed by atoms with E-state index < -0.39 is 0 Å². The summed E-state index contributed by atoms with van der Waals surface area (Å²) in [6.07, 6.45) is 0.287. The minimum atomic E-state index is -0.261. The van der Waals surface area contributed by atoms with Crippen molar-refractivity contribution in [2.24, 2.45) is 5.73 Å². The van der Waals surface area contributed by atoms with Crippen LogP contribution in [0.3, 0.4) is 0 Å². The second kappa shape index (κ2) is 8.81. The summed E-state index contributed by atoms with van der Waals surface area (Å²) in [7, 11) is 3.00. The number of rotatable bonds is 8. The average Bonchev–Trinajstić information content (AvgIpc) is 2.46. The van der Waals surface area contributed by atoms with Crippen molar-refractivity contribution >= 4 is 40.5 Å². The van der Waals surface area contributed by atoms with Crippen molar-refractivity contribution in [1.82, 2.24) is 0 Å². The van der Waals surface area contributed by atoms with Gasteiger partial charge in [0.25, 0.3) is 0 Å². The molecule has 5 nitrogen and oxygen atoms in total. The van der Waals surface area contributed by atoms with Gasteiger partial charge in [-0.05, 0) is 18.2 Å². The second-order valence-electron chi connectivity index (χ2n) is 4.33. The predicted octanol–water partition coefficient (Wildman–Crippen LogP) is 1.99. The number of methoxy groups -OCH3 is 2. The van der Waals surface area contributed by atoms with Crippen molar-refractivity contribution in [1.29, 1.82) is 0 Å². The highest BCUT2D eigenvalue weighted by Gasteiger charge is 2.12. The van der Waals surface area contributed by atoms with E-state index in [1.54, 1.807) is 19.2 Å². The molecule has 0 fully saturated rings. The van der Waals surface area contributed by atoms with Gasteiger partial charge in [-0.15, -0.1) is 0 Å². The Morgan fingerprint density at radius 2 is 2.10 bits per heavy atom. The number of nitrogens with zero attached hydrogens (tertiary/aromatic N) is 1. The van der Waals surface area contributed by atoms with E-state index in [-0.39, 0.29) is 17.4 Å². The molecule has 0 saturated carbocycles. The Morgan fingerprint density at radius 3 is 2.62 bits per heavy atom. The molecule has 0 unspecified atom stereocenters. The van der Waals surface area contributed by atoms with Crippen LogP contribution in [-0.4, -0.2) is 44.9 Å². The Hall–Kier alpha value is -1.37. The van der Waals surface area contributed by atoms with E-state index in [0.29, 0.717) is 30.3 Å². The van der Waals surface area contributed by atoms with Gasteiger partial charge >= 0.3 is 5.97 Å². The van der Waals surface area contributed by atoms with Crippen LogP contribution in [0.2, 0.25) is 5.02 Å². The molecule has 116 valence electrons. The molecule has 0 amide bonds. The van der Waals surface area contributed by atoms with Crippen molar-refractivity contribution in [3.05, 3.63) is 28.8 Å². The maximum Gasteiger partial charge on any atom is 0.307 e. The first-order valence-corrected chi connectivity index (χ1v) is 7.18. The molecule has 2 N–H and O–H groups in total. The lowest BCUT2D eigenvalue weighted by molar-refractivity contribution is -0.140. The van der Waals surface area contributed by atoms with Gasteiger partial charge in [-0.1, -0.05) is 23.8 Å². The van der Waals surface area contributed by atoms with Gasteiger partial charge < -0.3 is 20.1 Å². The molecule has 0 aliphatic carbocycles. The maximum atomic E-state index is 11.3. The van der Waals surface area contributed by atoms with Gasteiger partial charge in [-0.2, -0.15) is 0 Å².